The Labute approximate surface area is 229 Å². The number of nitrogens with one attached hydrogen (secondary N) is 1. The summed E-state index contributed by atoms with van der Waals surface area (Å²) in [6.45, 7) is 8.03. The molecule has 0 saturated carbocycles. The average molecular weight is 561 g/mol. The molecule has 3 aliphatic rings. The lowest BCUT2D eigenvalue weighted by molar-refractivity contribution is -0.141. The van der Waals surface area contributed by atoms with Crippen molar-refractivity contribution < 1.29 is 27.5 Å². The number of carbonyl (C=O) groups excluding carboxylic acids is 3. The topological polar surface area (TPSA) is 166 Å². The zero-order valence-electron chi connectivity index (χ0n) is 22.7. The number of carbonyl (C=O) groups is 3. The highest BCUT2D eigenvalue weighted by atomic mass is 32.2. The fourth-order valence-corrected chi connectivity index (χ4v) is 6.31. The van der Waals surface area contributed by atoms with Crippen molar-refractivity contribution in [1.29, 1.82) is 5.26 Å². The molecule has 2 bridgehead atoms. The third kappa shape index (κ3) is 6.18. The summed E-state index contributed by atoms with van der Waals surface area (Å²) in [6.07, 6.45) is 1.09. The second-order valence-electron chi connectivity index (χ2n) is 11.4. The molecule has 0 aromatic heterocycles. The van der Waals surface area contributed by atoms with E-state index in [9.17, 15) is 28.1 Å². The largest absolute Gasteiger partial charge is 0.444 e. The van der Waals surface area contributed by atoms with Gasteiger partial charge in [-0.1, -0.05) is 12.1 Å². The second-order valence-corrected chi connectivity index (χ2v) is 13.0. The van der Waals surface area contributed by atoms with E-state index in [1.165, 1.54) is 17.0 Å². The lowest BCUT2D eigenvalue weighted by atomic mass is 10.1. The Morgan fingerprint density at radius 1 is 1.31 bits per heavy atom. The molecule has 13 heteroatoms. The van der Waals surface area contributed by atoms with Crippen molar-refractivity contribution in [2.45, 2.75) is 87.7 Å². The molecule has 3 N–H and O–H groups in total. The van der Waals surface area contributed by atoms with Gasteiger partial charge in [0, 0.05) is 25.7 Å². The van der Waals surface area contributed by atoms with Gasteiger partial charge in [0.05, 0.1) is 23.0 Å². The highest BCUT2D eigenvalue weighted by Gasteiger charge is 2.52. The lowest BCUT2D eigenvalue weighted by Crippen LogP contribution is -2.59. The first kappa shape index (κ1) is 28.8. The number of nitrogens with zero attached hydrogens (tertiary/aromatic N) is 4. The molecule has 3 fully saturated rings. The lowest BCUT2D eigenvalue weighted by Gasteiger charge is -2.39. The predicted octanol–water partition coefficient (Wildman–Crippen LogP) is 1.09. The Hall–Kier alpha value is -3.21. The van der Waals surface area contributed by atoms with Crippen molar-refractivity contribution in [3.05, 3.63) is 29.8 Å². The van der Waals surface area contributed by atoms with Crippen LogP contribution < -0.4 is 10.5 Å². The highest BCUT2D eigenvalue weighted by Crippen LogP contribution is 2.38. The van der Waals surface area contributed by atoms with Crippen molar-refractivity contribution in [3.63, 3.8) is 0 Å². The van der Waals surface area contributed by atoms with Crippen molar-refractivity contribution in [1.82, 2.24) is 20.0 Å². The Morgan fingerprint density at radius 3 is 2.64 bits per heavy atom. The number of amides is 3. The van der Waals surface area contributed by atoms with Crippen LogP contribution >= 0.6 is 0 Å². The smallest absolute Gasteiger partial charge is 0.408 e. The van der Waals surface area contributed by atoms with Crippen LogP contribution in [0.5, 0.6) is 0 Å². The number of hydrogen-bond donors (Lipinski definition) is 2. The summed E-state index contributed by atoms with van der Waals surface area (Å²) < 4.78 is 29.0. The van der Waals surface area contributed by atoms with Crippen LogP contribution in [0.15, 0.2) is 29.2 Å². The van der Waals surface area contributed by atoms with E-state index in [4.69, 9.17) is 9.88 Å². The van der Waals surface area contributed by atoms with Gasteiger partial charge in [-0.05, 0) is 64.7 Å². The number of fused-ring (bicyclic) bond motifs is 2. The van der Waals surface area contributed by atoms with E-state index in [0.29, 0.717) is 37.9 Å². The number of sulfonamides is 1. The minimum atomic E-state index is -3.88. The van der Waals surface area contributed by atoms with Crippen LogP contribution in [0.3, 0.4) is 0 Å². The summed E-state index contributed by atoms with van der Waals surface area (Å²) >= 11 is 0. The predicted molar refractivity (Wildman–Crippen MR) is 140 cm³/mol. The molecule has 0 radical (unpaired) electrons. The molecule has 3 amide bonds. The monoisotopic (exact) mass is 560 g/mol. The first-order valence-corrected chi connectivity index (χ1v) is 14.6. The normalized spacial score (nSPS) is 24.9. The van der Waals surface area contributed by atoms with Gasteiger partial charge in [0.15, 0.2) is 0 Å². The second kappa shape index (κ2) is 10.7. The number of benzene rings is 1. The average Bonchev–Trinajstić information content (AvgIpc) is 3.55. The Balaban J connectivity index is 1.50. The minimum Gasteiger partial charge on any atom is -0.444 e. The molecular formula is C26H36N6O6S. The molecule has 5 atom stereocenters. The number of alkyl carbamates (subject to hydrolysis) is 1. The maximum Gasteiger partial charge on any atom is 0.408 e. The van der Waals surface area contributed by atoms with E-state index >= 15 is 0 Å². The molecule has 0 spiro atoms. The van der Waals surface area contributed by atoms with Gasteiger partial charge in [-0.15, -0.1) is 0 Å². The van der Waals surface area contributed by atoms with E-state index in [1.54, 1.807) is 37.8 Å². The molecule has 3 heterocycles. The standard InChI is InChI=1S/C26H36N6O6S/c1-16(17-7-5-9-20(11-17)39(28,36)37)32-19-12-22(24(32)34)30(14-19)15-21(29-25(35)38-26(2,3)4)23(33)31-10-6-8-18(31)13-27/h5,7,9,11,16,18-19,21-22H,6,8,10,12,14-15H2,1-4H3,(H,29,35)(H2,28,36,37)/t16-,18-,19+,21-,22+/m0/s1. The van der Waals surface area contributed by atoms with E-state index < -0.39 is 39.8 Å². The number of ether oxygens (including phenoxy) is 1. The first-order chi connectivity index (χ1) is 18.2. The molecule has 12 nitrogen and oxygen atoms in total. The maximum absolute atomic E-state index is 13.5. The summed E-state index contributed by atoms with van der Waals surface area (Å²) in [7, 11) is -3.88. The number of primary sulfonamides is 1. The van der Waals surface area contributed by atoms with Crippen LogP contribution in [-0.4, -0.2) is 90.4 Å². The zero-order chi connectivity index (χ0) is 28.7. The summed E-state index contributed by atoms with van der Waals surface area (Å²) in [4.78, 5) is 44.7. The summed E-state index contributed by atoms with van der Waals surface area (Å²) in [5.74, 6) is -0.496. The molecule has 0 aliphatic carbocycles. The third-order valence-corrected chi connectivity index (χ3v) is 8.40. The van der Waals surface area contributed by atoms with Gasteiger partial charge in [-0.2, -0.15) is 5.26 Å². The fourth-order valence-electron chi connectivity index (χ4n) is 5.75. The fraction of sp³-hybridized carbons (Fsp3) is 0.615. The first-order valence-electron chi connectivity index (χ1n) is 13.1. The molecule has 3 aliphatic heterocycles. The number of nitriles is 1. The van der Waals surface area contributed by atoms with Gasteiger partial charge in [0.2, 0.25) is 21.8 Å². The number of nitrogens with two attached hydrogens (primary N) is 1. The molecular weight excluding hydrogens is 524 g/mol. The molecule has 212 valence electrons. The van der Waals surface area contributed by atoms with Gasteiger partial charge >= 0.3 is 6.09 Å². The quantitative estimate of drug-likeness (QED) is 0.500. The van der Waals surface area contributed by atoms with Crippen molar-refractivity contribution in [3.8, 4) is 6.07 Å². The number of likely N-dealkylation sites (tertiary alicyclic amines) is 3. The third-order valence-electron chi connectivity index (χ3n) is 7.49. The number of rotatable bonds is 7. The Morgan fingerprint density at radius 2 is 2.03 bits per heavy atom. The molecule has 1 aromatic rings. The van der Waals surface area contributed by atoms with Crippen LogP contribution in [0.1, 0.15) is 58.6 Å². The molecule has 3 saturated heterocycles. The van der Waals surface area contributed by atoms with E-state index in [2.05, 4.69) is 11.4 Å². The molecule has 0 unspecified atom stereocenters. The van der Waals surface area contributed by atoms with Crippen LogP contribution in [0.2, 0.25) is 0 Å². The molecule has 4 rings (SSSR count). The van der Waals surface area contributed by atoms with Gasteiger partial charge in [-0.3, -0.25) is 14.5 Å². The number of hydrogen-bond acceptors (Lipinski definition) is 8. The van der Waals surface area contributed by atoms with Gasteiger partial charge in [-0.25, -0.2) is 18.4 Å². The van der Waals surface area contributed by atoms with Gasteiger partial charge in [0.1, 0.15) is 17.7 Å². The molecule has 39 heavy (non-hydrogen) atoms. The minimum absolute atomic E-state index is 0.0163. The molecule has 1 aromatic carbocycles. The highest BCUT2D eigenvalue weighted by molar-refractivity contribution is 7.89. The van der Waals surface area contributed by atoms with Gasteiger partial charge < -0.3 is 19.9 Å². The van der Waals surface area contributed by atoms with Crippen molar-refractivity contribution in [2.24, 2.45) is 5.14 Å². The summed E-state index contributed by atoms with van der Waals surface area (Å²) in [5, 5.41) is 17.5. The maximum atomic E-state index is 13.5. The Kier molecular flexibility index (Phi) is 7.93. The van der Waals surface area contributed by atoms with E-state index in [0.717, 1.165) is 0 Å². The van der Waals surface area contributed by atoms with Crippen LogP contribution in [0.25, 0.3) is 0 Å². The van der Waals surface area contributed by atoms with Crippen LogP contribution in [0, 0.1) is 11.3 Å². The van der Waals surface area contributed by atoms with Gasteiger partial charge in [0.25, 0.3) is 0 Å². The SMILES string of the molecule is C[C@@H](c1cccc(S(N)(=O)=O)c1)N1C(=O)[C@H]2C[C@@H]1CN2C[C@H](NC(=O)OC(C)(C)C)C(=O)N1CCC[C@H]1C#N. The van der Waals surface area contributed by atoms with Crippen LogP contribution in [-0.2, 0) is 24.3 Å². The summed E-state index contributed by atoms with van der Waals surface area (Å²) in [6, 6.07) is 5.86. The van der Waals surface area contributed by atoms with Crippen molar-refractivity contribution in [2.75, 3.05) is 19.6 Å². The van der Waals surface area contributed by atoms with E-state index in [1.807, 2.05) is 11.8 Å². The zero-order valence-corrected chi connectivity index (χ0v) is 23.5. The van der Waals surface area contributed by atoms with Crippen LogP contribution in [0.4, 0.5) is 4.79 Å². The summed E-state index contributed by atoms with van der Waals surface area (Å²) in [5.41, 5.74) is -0.106. The number of piperazine rings is 1. The Bertz CT molecular complexity index is 1290. The van der Waals surface area contributed by atoms with Crippen molar-refractivity contribution >= 4 is 27.9 Å². The van der Waals surface area contributed by atoms with E-state index in [-0.39, 0.29) is 35.3 Å².